The fraction of sp³-hybridized carbons (Fsp3) is 0.344. The highest BCUT2D eigenvalue weighted by Gasteiger charge is 2.43. The Morgan fingerprint density at radius 2 is 1.55 bits per heavy atom. The van der Waals surface area contributed by atoms with Crippen molar-refractivity contribution < 1.29 is 14.4 Å². The van der Waals surface area contributed by atoms with E-state index in [0.717, 1.165) is 78.7 Å². The first-order valence-electron chi connectivity index (χ1n) is 13.9. The van der Waals surface area contributed by atoms with Gasteiger partial charge in [-0.25, -0.2) is 4.90 Å². The van der Waals surface area contributed by atoms with Gasteiger partial charge >= 0.3 is 0 Å². The Morgan fingerprint density at radius 1 is 0.895 bits per heavy atom. The highest BCUT2D eigenvalue weighted by atomic mass is 16.2. The van der Waals surface area contributed by atoms with Crippen LogP contribution in [0.1, 0.15) is 82.9 Å². The van der Waals surface area contributed by atoms with E-state index in [1.165, 1.54) is 4.90 Å². The predicted octanol–water partition coefficient (Wildman–Crippen LogP) is 5.68. The average Bonchev–Trinajstić information content (AvgIpc) is 3.37. The summed E-state index contributed by atoms with van der Waals surface area (Å²) in [6, 6.07) is 17.1. The fourth-order valence-corrected chi connectivity index (χ4v) is 6.13. The molecular formula is C32H33N3O3. The van der Waals surface area contributed by atoms with Crippen molar-refractivity contribution in [1.29, 1.82) is 0 Å². The topological polar surface area (TPSA) is 69.7 Å². The largest absolute Gasteiger partial charge is 0.369 e. The molecule has 0 spiro atoms. The second kappa shape index (κ2) is 9.75. The number of unbranched alkanes of at least 4 members (excludes halogenated alkanes) is 1. The summed E-state index contributed by atoms with van der Waals surface area (Å²) in [7, 11) is 0. The molecule has 38 heavy (non-hydrogen) atoms. The lowest BCUT2D eigenvalue weighted by Gasteiger charge is -2.39. The molecule has 3 aromatic carbocycles. The van der Waals surface area contributed by atoms with E-state index >= 15 is 0 Å². The second-order valence-corrected chi connectivity index (χ2v) is 10.4. The Morgan fingerprint density at radius 3 is 2.16 bits per heavy atom. The van der Waals surface area contributed by atoms with Crippen molar-refractivity contribution >= 4 is 29.1 Å². The molecule has 1 fully saturated rings. The van der Waals surface area contributed by atoms with Gasteiger partial charge in [-0.05, 0) is 71.7 Å². The molecule has 194 valence electrons. The minimum atomic E-state index is -0.407. The number of fused-ring (bicyclic) bond motifs is 4. The summed E-state index contributed by atoms with van der Waals surface area (Å²) in [4.78, 5) is 44.7. The van der Waals surface area contributed by atoms with Crippen LogP contribution in [-0.2, 0) is 11.2 Å². The number of benzene rings is 3. The Hall–Kier alpha value is -3.93. The first-order valence-corrected chi connectivity index (χ1v) is 13.9. The maximum atomic E-state index is 13.7. The molecule has 2 aliphatic heterocycles. The van der Waals surface area contributed by atoms with Crippen molar-refractivity contribution in [3.05, 3.63) is 82.4 Å². The lowest BCUT2D eigenvalue weighted by Crippen LogP contribution is -2.41. The third-order valence-corrected chi connectivity index (χ3v) is 8.07. The van der Waals surface area contributed by atoms with Gasteiger partial charge in [0.25, 0.3) is 11.8 Å². The van der Waals surface area contributed by atoms with E-state index in [2.05, 4.69) is 30.1 Å². The van der Waals surface area contributed by atoms with Crippen molar-refractivity contribution in [1.82, 2.24) is 5.32 Å². The summed E-state index contributed by atoms with van der Waals surface area (Å²) in [6.45, 7) is 6.59. The van der Waals surface area contributed by atoms with Crippen LogP contribution in [0.25, 0.3) is 11.1 Å². The smallest absolute Gasteiger partial charge is 0.266 e. The van der Waals surface area contributed by atoms with E-state index in [1.54, 1.807) is 24.3 Å². The van der Waals surface area contributed by atoms with Gasteiger partial charge in [0.15, 0.2) is 0 Å². The van der Waals surface area contributed by atoms with Crippen LogP contribution in [0.5, 0.6) is 0 Å². The Labute approximate surface area is 223 Å². The Kier molecular flexibility index (Phi) is 6.26. The van der Waals surface area contributed by atoms with Crippen molar-refractivity contribution in [2.75, 3.05) is 29.4 Å². The number of rotatable bonds is 8. The monoisotopic (exact) mass is 507 g/mol. The summed E-state index contributed by atoms with van der Waals surface area (Å²) in [5, 5.41) is 3.14. The molecule has 6 nitrogen and oxygen atoms in total. The van der Waals surface area contributed by atoms with E-state index in [9.17, 15) is 14.4 Å². The van der Waals surface area contributed by atoms with Crippen LogP contribution in [0.4, 0.5) is 11.4 Å². The number of anilines is 2. The first kappa shape index (κ1) is 24.4. The van der Waals surface area contributed by atoms with E-state index < -0.39 is 5.92 Å². The molecule has 1 unspecified atom stereocenters. The van der Waals surface area contributed by atoms with Crippen LogP contribution in [-0.4, -0.2) is 37.4 Å². The van der Waals surface area contributed by atoms with E-state index in [1.807, 2.05) is 24.3 Å². The van der Waals surface area contributed by atoms with Crippen LogP contribution in [0.2, 0.25) is 0 Å². The molecule has 1 N–H and O–H groups in total. The minimum Gasteiger partial charge on any atom is -0.369 e. The first-order chi connectivity index (χ1) is 18.6. The van der Waals surface area contributed by atoms with Crippen LogP contribution in [0.3, 0.4) is 0 Å². The van der Waals surface area contributed by atoms with Crippen molar-refractivity contribution in [2.45, 2.75) is 51.9 Å². The molecule has 0 aromatic heterocycles. The van der Waals surface area contributed by atoms with E-state index in [0.29, 0.717) is 23.4 Å². The lowest BCUT2D eigenvalue weighted by atomic mass is 9.87. The number of imide groups is 1. The van der Waals surface area contributed by atoms with Crippen LogP contribution in [0, 0.1) is 0 Å². The zero-order valence-electron chi connectivity index (χ0n) is 22.0. The van der Waals surface area contributed by atoms with Gasteiger partial charge in [0.05, 0.1) is 28.4 Å². The molecule has 0 bridgehead atoms. The molecule has 1 aliphatic carbocycles. The number of amides is 3. The number of nitrogens with zero attached hydrogens (tertiary/aromatic N) is 2. The predicted molar refractivity (Wildman–Crippen MR) is 150 cm³/mol. The summed E-state index contributed by atoms with van der Waals surface area (Å²) in [5.74, 6) is -0.954. The van der Waals surface area contributed by atoms with Crippen molar-refractivity contribution in [3.63, 3.8) is 0 Å². The Balaban J connectivity index is 1.61. The molecule has 3 aliphatic rings. The van der Waals surface area contributed by atoms with Gasteiger partial charge in [-0.2, -0.15) is 0 Å². The van der Waals surface area contributed by atoms with Gasteiger partial charge in [-0.1, -0.05) is 56.7 Å². The van der Waals surface area contributed by atoms with Crippen LogP contribution < -0.4 is 15.1 Å². The van der Waals surface area contributed by atoms with Gasteiger partial charge < -0.3 is 10.2 Å². The summed E-state index contributed by atoms with van der Waals surface area (Å²) >= 11 is 0. The molecule has 1 saturated heterocycles. The van der Waals surface area contributed by atoms with E-state index in [-0.39, 0.29) is 17.7 Å². The highest BCUT2D eigenvalue weighted by Crippen LogP contribution is 2.53. The zero-order valence-corrected chi connectivity index (χ0v) is 22.0. The SMILES string of the molecule is CCCCc1c2c(cc(N3C(=O)c4ccccc4C3=O)c1N1CCC1)-c1ccccc1C2C(=O)NCCC. The highest BCUT2D eigenvalue weighted by molar-refractivity contribution is 6.35. The maximum Gasteiger partial charge on any atom is 0.266 e. The molecular weight excluding hydrogens is 474 g/mol. The third-order valence-electron chi connectivity index (χ3n) is 8.07. The standard InChI is InChI=1S/C32H33N3O3/c1-3-5-11-24-27-25(20-12-6-7-13-21(20)28(27)30(36)33-16-4-2)19-26(29(24)34-17-10-18-34)35-31(37)22-14-8-9-15-23(22)32(35)38/h6-9,12-15,19,28H,3-5,10-11,16-18H2,1-2H3,(H,33,36). The van der Waals surface area contributed by atoms with Gasteiger partial charge in [-0.15, -0.1) is 0 Å². The zero-order chi connectivity index (χ0) is 26.4. The number of carbonyl (C=O) groups is 3. The van der Waals surface area contributed by atoms with Crippen LogP contribution >= 0.6 is 0 Å². The lowest BCUT2D eigenvalue weighted by molar-refractivity contribution is -0.121. The second-order valence-electron chi connectivity index (χ2n) is 10.4. The Bertz CT molecular complexity index is 1420. The maximum absolute atomic E-state index is 13.7. The summed E-state index contributed by atoms with van der Waals surface area (Å²) in [6.07, 6.45) is 4.68. The molecule has 2 heterocycles. The number of hydrogen-bond donors (Lipinski definition) is 1. The summed E-state index contributed by atoms with van der Waals surface area (Å²) < 4.78 is 0. The molecule has 3 amide bonds. The van der Waals surface area contributed by atoms with Crippen molar-refractivity contribution in [3.8, 4) is 11.1 Å². The fourth-order valence-electron chi connectivity index (χ4n) is 6.13. The van der Waals surface area contributed by atoms with Crippen molar-refractivity contribution in [2.24, 2.45) is 0 Å². The van der Waals surface area contributed by atoms with Gasteiger partial charge in [0.2, 0.25) is 5.91 Å². The third kappa shape index (κ3) is 3.65. The minimum absolute atomic E-state index is 0.0128. The van der Waals surface area contributed by atoms with E-state index in [4.69, 9.17) is 0 Å². The number of carbonyl (C=O) groups excluding carboxylic acids is 3. The number of nitrogens with one attached hydrogen (secondary N) is 1. The number of hydrogen-bond acceptors (Lipinski definition) is 4. The average molecular weight is 508 g/mol. The van der Waals surface area contributed by atoms with Gasteiger partial charge in [0, 0.05) is 19.6 Å². The van der Waals surface area contributed by atoms with Crippen LogP contribution in [0.15, 0.2) is 54.6 Å². The molecule has 0 radical (unpaired) electrons. The molecule has 6 heteroatoms. The van der Waals surface area contributed by atoms with Gasteiger partial charge in [-0.3, -0.25) is 14.4 Å². The normalized spacial score (nSPS) is 17.3. The van der Waals surface area contributed by atoms with Gasteiger partial charge in [0.1, 0.15) is 0 Å². The molecule has 3 aromatic rings. The molecule has 0 saturated carbocycles. The summed E-state index contributed by atoms with van der Waals surface area (Å²) in [5.41, 5.74) is 7.56. The molecule has 6 rings (SSSR count). The quantitative estimate of drug-likeness (QED) is 0.399. The molecule has 1 atom stereocenters.